The molecule has 0 atom stereocenters. The van der Waals surface area contributed by atoms with E-state index in [1.165, 1.54) is 5.56 Å². The van der Waals surface area contributed by atoms with E-state index in [9.17, 15) is 0 Å². The third-order valence-electron chi connectivity index (χ3n) is 3.43. The minimum atomic E-state index is 0.690. The summed E-state index contributed by atoms with van der Waals surface area (Å²) in [6.45, 7) is 3.65. The van der Waals surface area contributed by atoms with Crippen LogP contribution in [0.1, 0.15) is 18.9 Å². The van der Waals surface area contributed by atoms with Crippen LogP contribution in [0.2, 0.25) is 0 Å². The Balaban J connectivity index is 1.83. The molecule has 1 aliphatic rings. The molecule has 0 radical (unpaired) electrons. The van der Waals surface area contributed by atoms with Crippen LogP contribution >= 0.6 is 11.3 Å². The van der Waals surface area contributed by atoms with Gasteiger partial charge in [0.2, 0.25) is 0 Å². The Kier molecular flexibility index (Phi) is 4.26. The number of rotatable bonds is 4. The fraction of sp³-hybridized carbons (Fsp3) is 0.400. The molecule has 1 aromatic heterocycles. The van der Waals surface area contributed by atoms with Crippen LogP contribution < -0.4 is 9.63 Å². The lowest BCUT2D eigenvalue weighted by atomic mass is 10.0. The van der Waals surface area contributed by atoms with Gasteiger partial charge < -0.3 is 0 Å². The van der Waals surface area contributed by atoms with Crippen molar-refractivity contribution < 1.29 is 9.40 Å². The monoisotopic (exact) mass is 303 g/mol. The van der Waals surface area contributed by atoms with Crippen molar-refractivity contribution in [3.63, 3.8) is 0 Å². The number of hydrogen-bond acceptors (Lipinski definition) is 5. The summed E-state index contributed by atoms with van der Waals surface area (Å²) >= 11 is 1.58. The fourth-order valence-corrected chi connectivity index (χ4v) is 3.11. The second kappa shape index (κ2) is 6.32. The Hall–Kier alpha value is -1.79. The molecule has 0 saturated carbocycles. The predicted octanol–water partition coefficient (Wildman–Crippen LogP) is 3.69. The SMILES string of the molecule is CCON1CCCc2cc(N=Nc3scc[n+]3C)ccc21. The number of nitrogens with zero attached hydrogens (tertiary/aromatic N) is 4. The first kappa shape index (κ1) is 14.2. The summed E-state index contributed by atoms with van der Waals surface area (Å²) < 4.78 is 1.96. The number of aryl methyl sites for hydroxylation is 2. The summed E-state index contributed by atoms with van der Waals surface area (Å²) in [5, 5.41) is 13.5. The second-order valence-corrected chi connectivity index (χ2v) is 5.81. The maximum atomic E-state index is 5.66. The van der Waals surface area contributed by atoms with E-state index in [4.69, 9.17) is 4.84 Å². The molecule has 0 fully saturated rings. The van der Waals surface area contributed by atoms with Gasteiger partial charge in [-0.2, -0.15) is 0 Å². The smallest absolute Gasteiger partial charge is 0.274 e. The van der Waals surface area contributed by atoms with E-state index in [-0.39, 0.29) is 0 Å². The number of hydrogen-bond donors (Lipinski definition) is 0. The van der Waals surface area contributed by atoms with Crippen LogP contribution in [0, 0.1) is 0 Å². The normalized spacial score (nSPS) is 14.7. The Morgan fingerprint density at radius 2 is 2.29 bits per heavy atom. The van der Waals surface area contributed by atoms with Gasteiger partial charge in [-0.3, -0.25) is 9.90 Å². The molecule has 21 heavy (non-hydrogen) atoms. The molecule has 0 bridgehead atoms. The quantitative estimate of drug-likeness (QED) is 0.638. The molecular formula is C15H19N4OS+. The van der Waals surface area contributed by atoms with E-state index in [1.807, 2.05) is 41.2 Å². The van der Waals surface area contributed by atoms with Gasteiger partial charge in [0.05, 0.1) is 24.5 Å². The van der Waals surface area contributed by atoms with Gasteiger partial charge in [-0.15, -0.1) is 0 Å². The van der Waals surface area contributed by atoms with Gasteiger partial charge in [-0.1, -0.05) is 0 Å². The summed E-state index contributed by atoms with van der Waals surface area (Å²) in [6, 6.07) is 6.18. The number of hydroxylamine groups is 1. The van der Waals surface area contributed by atoms with Crippen LogP contribution in [0.15, 0.2) is 40.0 Å². The highest BCUT2D eigenvalue weighted by Crippen LogP contribution is 2.31. The van der Waals surface area contributed by atoms with Gasteiger partial charge in [-0.05, 0) is 60.0 Å². The van der Waals surface area contributed by atoms with Gasteiger partial charge in [0.1, 0.15) is 11.9 Å². The molecule has 0 spiro atoms. The van der Waals surface area contributed by atoms with Crippen molar-refractivity contribution in [2.24, 2.45) is 17.3 Å². The van der Waals surface area contributed by atoms with Gasteiger partial charge in [0.15, 0.2) is 0 Å². The first-order valence-corrected chi connectivity index (χ1v) is 8.04. The van der Waals surface area contributed by atoms with E-state index in [0.29, 0.717) is 6.61 Å². The number of aromatic nitrogens is 1. The lowest BCUT2D eigenvalue weighted by Crippen LogP contribution is -2.29. The van der Waals surface area contributed by atoms with Crippen molar-refractivity contribution >= 4 is 27.8 Å². The topological polar surface area (TPSA) is 41.1 Å². The van der Waals surface area contributed by atoms with Crippen LogP contribution in [0.4, 0.5) is 16.5 Å². The van der Waals surface area contributed by atoms with Crippen molar-refractivity contribution in [3.8, 4) is 0 Å². The summed E-state index contributed by atoms with van der Waals surface area (Å²) in [4.78, 5) is 5.66. The Bertz CT molecular complexity index is 653. The van der Waals surface area contributed by atoms with E-state index in [1.54, 1.807) is 11.3 Å². The summed E-state index contributed by atoms with van der Waals surface area (Å²) in [7, 11) is 1.97. The van der Waals surface area contributed by atoms with E-state index < -0.39 is 0 Å². The zero-order valence-electron chi connectivity index (χ0n) is 12.3. The summed E-state index contributed by atoms with van der Waals surface area (Å²) in [5.74, 6) is 0. The average molecular weight is 303 g/mol. The van der Waals surface area contributed by atoms with Gasteiger partial charge in [0.25, 0.3) is 0 Å². The molecule has 1 aliphatic heterocycles. The maximum absolute atomic E-state index is 5.66. The minimum absolute atomic E-state index is 0.690. The van der Waals surface area contributed by atoms with Crippen molar-refractivity contribution in [1.82, 2.24) is 0 Å². The number of anilines is 1. The van der Waals surface area contributed by atoms with E-state index in [0.717, 1.165) is 35.9 Å². The second-order valence-electron chi connectivity index (χ2n) is 4.93. The third kappa shape index (κ3) is 3.11. The van der Waals surface area contributed by atoms with E-state index in [2.05, 4.69) is 22.4 Å². The molecule has 5 nitrogen and oxygen atoms in total. The number of benzene rings is 1. The Morgan fingerprint density at radius 1 is 1.38 bits per heavy atom. The van der Waals surface area contributed by atoms with Crippen LogP contribution in [0.3, 0.4) is 0 Å². The summed E-state index contributed by atoms with van der Waals surface area (Å²) in [5.41, 5.74) is 3.32. The molecule has 3 rings (SSSR count). The lowest BCUT2D eigenvalue weighted by Gasteiger charge is -2.29. The molecule has 1 aromatic carbocycles. The lowest BCUT2D eigenvalue weighted by molar-refractivity contribution is -0.654. The predicted molar refractivity (Wildman–Crippen MR) is 83.4 cm³/mol. The first-order chi connectivity index (χ1) is 10.3. The van der Waals surface area contributed by atoms with Crippen molar-refractivity contribution in [2.75, 3.05) is 18.2 Å². The standard InChI is InChI=1S/C15H19N4OS/c1-3-20-19-8-4-5-12-11-13(6-7-14(12)19)16-17-15-18(2)9-10-21-15/h6-7,9-11H,3-5,8H2,1-2H3/q+1. The summed E-state index contributed by atoms with van der Waals surface area (Å²) in [6.07, 6.45) is 4.15. The largest absolute Gasteiger partial charge is 0.408 e. The number of thiazole rings is 1. The van der Waals surface area contributed by atoms with Gasteiger partial charge >= 0.3 is 5.13 Å². The molecule has 110 valence electrons. The average Bonchev–Trinajstić information content (AvgIpc) is 2.91. The minimum Gasteiger partial charge on any atom is -0.274 e. The highest BCUT2D eigenvalue weighted by Gasteiger charge is 2.18. The molecular weight excluding hydrogens is 284 g/mol. The third-order valence-corrected chi connectivity index (χ3v) is 4.27. The van der Waals surface area contributed by atoms with Crippen LogP contribution in [0.5, 0.6) is 0 Å². The highest BCUT2D eigenvalue weighted by molar-refractivity contribution is 7.12. The maximum Gasteiger partial charge on any atom is 0.408 e. The number of fused-ring (bicyclic) bond motifs is 1. The van der Waals surface area contributed by atoms with Crippen LogP contribution in [-0.2, 0) is 18.3 Å². The molecule has 0 aliphatic carbocycles. The number of azo groups is 1. The Morgan fingerprint density at radius 3 is 3.05 bits per heavy atom. The van der Waals surface area contributed by atoms with Crippen molar-refractivity contribution in [3.05, 3.63) is 35.3 Å². The van der Waals surface area contributed by atoms with Gasteiger partial charge in [0, 0.05) is 11.9 Å². The fourth-order valence-electron chi connectivity index (χ4n) is 2.43. The van der Waals surface area contributed by atoms with Crippen molar-refractivity contribution in [2.45, 2.75) is 19.8 Å². The molecule has 0 amide bonds. The highest BCUT2D eigenvalue weighted by atomic mass is 32.1. The molecule has 0 N–H and O–H groups in total. The zero-order chi connectivity index (χ0) is 14.7. The van der Waals surface area contributed by atoms with Crippen LogP contribution in [-0.4, -0.2) is 13.2 Å². The zero-order valence-corrected chi connectivity index (χ0v) is 13.1. The van der Waals surface area contributed by atoms with Gasteiger partial charge in [-0.25, -0.2) is 4.57 Å². The molecule has 2 aromatic rings. The van der Waals surface area contributed by atoms with E-state index >= 15 is 0 Å². The molecule has 6 heteroatoms. The van der Waals surface area contributed by atoms with Crippen molar-refractivity contribution in [1.29, 1.82) is 0 Å². The van der Waals surface area contributed by atoms with Crippen LogP contribution in [0.25, 0.3) is 0 Å². The molecule has 2 heterocycles. The first-order valence-electron chi connectivity index (χ1n) is 7.16. The molecule has 0 unspecified atom stereocenters. The Labute approximate surface area is 128 Å². The molecule has 0 saturated heterocycles.